The minimum atomic E-state index is 0. The van der Waals surface area contributed by atoms with Crippen LogP contribution in [0.1, 0.15) is 12.5 Å². The molecule has 0 saturated heterocycles. The maximum atomic E-state index is 4.56. The van der Waals surface area contributed by atoms with Crippen molar-refractivity contribution in [2.75, 3.05) is 13.1 Å². The van der Waals surface area contributed by atoms with Crippen LogP contribution in [0.15, 0.2) is 39.5 Å². The molecule has 0 fully saturated rings. The Balaban J connectivity index is 0.00000110. The summed E-state index contributed by atoms with van der Waals surface area (Å²) < 4.78 is 1.36. The predicted octanol–water partition coefficient (Wildman–Crippen LogP) is 4.43. The molecule has 2 nitrogen and oxygen atoms in total. The largest absolute Gasteiger partial charge is 0.318 e. The minimum absolute atomic E-state index is 0. The Kier molecular flexibility index (Phi) is 3.33. The highest BCUT2D eigenvalue weighted by Crippen LogP contribution is 2.44. The highest BCUT2D eigenvalue weighted by atomic mass is 35.5. The number of hydrogen-bond acceptors (Lipinski definition) is 4. The van der Waals surface area contributed by atoms with E-state index in [4.69, 9.17) is 0 Å². The predicted molar refractivity (Wildman–Crippen MR) is 88.3 cm³/mol. The second-order valence-electron chi connectivity index (χ2n) is 4.47. The van der Waals surface area contributed by atoms with Crippen molar-refractivity contribution in [3.63, 3.8) is 0 Å². The molecule has 2 aliphatic heterocycles. The number of nitrogens with zero attached hydrogens (tertiary/aromatic N) is 2. The number of hydrogen-bond donors (Lipinski definition) is 0. The van der Waals surface area contributed by atoms with E-state index in [9.17, 15) is 0 Å². The first-order valence-electron chi connectivity index (χ1n) is 6.02. The van der Waals surface area contributed by atoms with Gasteiger partial charge < -0.3 is 4.90 Å². The number of aliphatic imine (C=N–C) groups is 1. The molecule has 98 valence electrons. The third-order valence-corrected chi connectivity index (χ3v) is 5.38. The number of benzene rings is 1. The second kappa shape index (κ2) is 4.85. The van der Waals surface area contributed by atoms with Gasteiger partial charge in [-0.1, -0.05) is 30.0 Å². The molecule has 4 rings (SSSR count). The molecule has 0 radical (unpaired) electrons. The molecular formula is C14H13ClN2S2. The average Bonchev–Trinajstić information content (AvgIpc) is 3.03. The summed E-state index contributed by atoms with van der Waals surface area (Å²) in [7, 11) is 0. The highest BCUT2D eigenvalue weighted by molar-refractivity contribution is 8.17. The summed E-state index contributed by atoms with van der Waals surface area (Å²) in [4.78, 5) is 8.30. The van der Waals surface area contributed by atoms with Crippen molar-refractivity contribution >= 4 is 56.5 Å². The fourth-order valence-corrected chi connectivity index (χ4v) is 4.58. The van der Waals surface area contributed by atoms with Crippen molar-refractivity contribution < 1.29 is 0 Å². The highest BCUT2D eigenvalue weighted by Gasteiger charge is 2.31. The van der Waals surface area contributed by atoms with Gasteiger partial charge in [-0.25, -0.2) is 0 Å². The van der Waals surface area contributed by atoms with E-state index in [0.717, 1.165) is 13.1 Å². The number of amidine groups is 1. The van der Waals surface area contributed by atoms with Gasteiger partial charge in [0.2, 0.25) is 0 Å². The number of fused-ring (bicyclic) bond motifs is 2. The van der Waals surface area contributed by atoms with Crippen LogP contribution >= 0.6 is 35.5 Å². The second-order valence-corrected chi connectivity index (χ2v) is 6.56. The summed E-state index contributed by atoms with van der Waals surface area (Å²) in [6.45, 7) is 4.16. The van der Waals surface area contributed by atoms with E-state index in [1.54, 1.807) is 0 Å². The van der Waals surface area contributed by atoms with Gasteiger partial charge in [-0.05, 0) is 13.0 Å². The first-order valence-corrected chi connectivity index (χ1v) is 7.71. The fourth-order valence-electron chi connectivity index (χ4n) is 2.59. The molecule has 0 unspecified atom stereocenters. The number of halogens is 1. The number of thiophene rings is 1. The first kappa shape index (κ1) is 13.0. The molecule has 1 aromatic carbocycles. The summed E-state index contributed by atoms with van der Waals surface area (Å²) in [6, 6.07) is 8.64. The van der Waals surface area contributed by atoms with Crippen molar-refractivity contribution in [2.45, 2.75) is 6.92 Å². The molecule has 2 aromatic rings. The number of thioether (sulfide) groups is 1. The number of rotatable bonds is 1. The third-order valence-electron chi connectivity index (χ3n) is 3.39. The van der Waals surface area contributed by atoms with Crippen molar-refractivity contribution in [3.8, 4) is 0 Å². The molecule has 1 aromatic heterocycles. The van der Waals surface area contributed by atoms with Crippen molar-refractivity contribution in [3.05, 3.63) is 40.1 Å². The van der Waals surface area contributed by atoms with Crippen LogP contribution in [0.2, 0.25) is 0 Å². The Morgan fingerprint density at radius 2 is 2.11 bits per heavy atom. The van der Waals surface area contributed by atoms with Crippen LogP contribution in [0.5, 0.6) is 0 Å². The maximum absolute atomic E-state index is 4.56. The molecule has 2 aliphatic rings. The van der Waals surface area contributed by atoms with Gasteiger partial charge in [0.05, 0.1) is 12.2 Å². The zero-order valence-corrected chi connectivity index (χ0v) is 12.9. The topological polar surface area (TPSA) is 15.6 Å². The van der Waals surface area contributed by atoms with Gasteiger partial charge in [-0.15, -0.1) is 23.7 Å². The minimum Gasteiger partial charge on any atom is -0.318 e. The zero-order valence-electron chi connectivity index (χ0n) is 10.4. The molecular weight excluding hydrogens is 296 g/mol. The van der Waals surface area contributed by atoms with Crippen LogP contribution in [-0.2, 0) is 0 Å². The maximum Gasteiger partial charge on any atom is 0.168 e. The van der Waals surface area contributed by atoms with Gasteiger partial charge in [0.15, 0.2) is 5.17 Å². The monoisotopic (exact) mass is 308 g/mol. The smallest absolute Gasteiger partial charge is 0.168 e. The Labute approximate surface area is 126 Å². The molecule has 0 atom stereocenters. The molecule has 5 heteroatoms. The van der Waals surface area contributed by atoms with Crippen LogP contribution < -0.4 is 0 Å². The zero-order chi connectivity index (χ0) is 12.1. The van der Waals surface area contributed by atoms with E-state index < -0.39 is 0 Å². The molecule has 0 spiro atoms. The van der Waals surface area contributed by atoms with Crippen molar-refractivity contribution in [1.29, 1.82) is 0 Å². The molecule has 0 amide bonds. The Hall–Kier alpha value is -0.970. The van der Waals surface area contributed by atoms with E-state index >= 15 is 0 Å². The van der Waals surface area contributed by atoms with Crippen LogP contribution in [0.25, 0.3) is 15.8 Å². The summed E-state index contributed by atoms with van der Waals surface area (Å²) in [6.07, 6.45) is 0. The van der Waals surface area contributed by atoms with E-state index in [1.807, 2.05) is 23.1 Å². The van der Waals surface area contributed by atoms with Gasteiger partial charge in [0, 0.05) is 32.5 Å². The molecule has 0 aliphatic carbocycles. The van der Waals surface area contributed by atoms with Crippen LogP contribution in [0.4, 0.5) is 0 Å². The van der Waals surface area contributed by atoms with Gasteiger partial charge in [-0.3, -0.25) is 4.99 Å². The lowest BCUT2D eigenvalue weighted by Crippen LogP contribution is -2.19. The SMILES string of the molecule is CC1=C(c2csc3ccccc23)N2CCN=C2S1.Cl. The van der Waals surface area contributed by atoms with Crippen molar-refractivity contribution in [2.24, 2.45) is 4.99 Å². The lowest BCUT2D eigenvalue weighted by atomic mass is 10.1. The summed E-state index contributed by atoms with van der Waals surface area (Å²) in [5.41, 5.74) is 2.74. The summed E-state index contributed by atoms with van der Waals surface area (Å²) in [5, 5.41) is 4.83. The fraction of sp³-hybridized carbons (Fsp3) is 0.214. The quantitative estimate of drug-likeness (QED) is 0.774. The molecule has 0 bridgehead atoms. The van der Waals surface area contributed by atoms with Crippen molar-refractivity contribution in [1.82, 2.24) is 4.90 Å². The third kappa shape index (κ3) is 1.90. The van der Waals surface area contributed by atoms with Crippen LogP contribution in [0.3, 0.4) is 0 Å². The van der Waals surface area contributed by atoms with Gasteiger partial charge in [0.1, 0.15) is 0 Å². The van der Waals surface area contributed by atoms with E-state index in [-0.39, 0.29) is 12.4 Å². The van der Waals surface area contributed by atoms with Gasteiger partial charge >= 0.3 is 0 Å². The van der Waals surface area contributed by atoms with Gasteiger partial charge in [0.25, 0.3) is 0 Å². The summed E-state index contributed by atoms with van der Waals surface area (Å²) >= 11 is 3.64. The average molecular weight is 309 g/mol. The van der Waals surface area contributed by atoms with Crippen LogP contribution in [0, 0.1) is 0 Å². The molecule has 0 N–H and O–H groups in total. The lowest BCUT2D eigenvalue weighted by molar-refractivity contribution is 0.649. The normalized spacial score (nSPS) is 17.7. The molecule has 0 saturated carbocycles. The van der Waals surface area contributed by atoms with E-state index in [2.05, 4.69) is 46.5 Å². The van der Waals surface area contributed by atoms with Crippen LogP contribution in [-0.4, -0.2) is 23.2 Å². The molecule has 19 heavy (non-hydrogen) atoms. The Morgan fingerprint density at radius 1 is 1.26 bits per heavy atom. The van der Waals surface area contributed by atoms with Gasteiger partial charge in [-0.2, -0.15) is 0 Å². The Morgan fingerprint density at radius 3 is 3.00 bits per heavy atom. The Bertz CT molecular complexity index is 702. The van der Waals surface area contributed by atoms with E-state index in [1.165, 1.54) is 31.4 Å². The molecule has 3 heterocycles. The summed E-state index contributed by atoms with van der Waals surface area (Å²) in [5.74, 6) is 0. The lowest BCUT2D eigenvalue weighted by Gasteiger charge is -2.16. The first-order chi connectivity index (χ1) is 8.84. The van der Waals surface area contributed by atoms with E-state index in [0.29, 0.717) is 0 Å². The number of allylic oxidation sites excluding steroid dienone is 1. The standard InChI is InChI=1S/C14H12N2S2.ClH/c1-9-13(16-7-6-15-14(16)18-9)11-8-17-12-5-3-2-4-10(11)12;/h2-5,8H,6-7H2,1H3;1H.